The van der Waals surface area contributed by atoms with Crippen LogP contribution in [-0.2, 0) is 8.85 Å². The molecule has 14 heteroatoms. The van der Waals surface area contributed by atoms with Crippen LogP contribution in [0.4, 0.5) is 0 Å². The van der Waals surface area contributed by atoms with Crippen LogP contribution in [0.2, 0.25) is 65.5 Å². The molecule has 2 rings (SSSR count). The Morgan fingerprint density at radius 2 is 0.875 bits per heavy atom. The van der Waals surface area contributed by atoms with E-state index in [1.807, 2.05) is 0 Å². The molecule has 2 unspecified atom stereocenters. The Kier molecular flexibility index (Phi) is 24.1. The first-order valence-corrected chi connectivity index (χ1v) is 57.5. The third-order valence-electron chi connectivity index (χ3n) is 11.9. The van der Waals surface area contributed by atoms with Crippen LogP contribution in [-0.4, -0.2) is 105 Å². The summed E-state index contributed by atoms with van der Waals surface area (Å²) in [5.41, 5.74) is 0. The van der Waals surface area contributed by atoms with Gasteiger partial charge in [0.2, 0.25) is 0 Å². The molecule has 0 bridgehead atoms. The molecule has 2 aliphatic rings. The van der Waals surface area contributed by atoms with Crippen LogP contribution in [0.5, 0.6) is 0 Å². The van der Waals surface area contributed by atoms with E-state index in [1.54, 1.807) is 0 Å². The third-order valence-corrected chi connectivity index (χ3v) is 232. The van der Waals surface area contributed by atoms with E-state index >= 15 is 0 Å². The second-order valence-electron chi connectivity index (χ2n) is 16.0. The lowest BCUT2D eigenvalue weighted by molar-refractivity contribution is 0.311. The first-order chi connectivity index (χ1) is 22.9. The minimum Gasteiger partial charge on any atom is -0.428 e. The predicted molar refractivity (Wildman–Crippen MR) is 243 cm³/mol. The fourth-order valence-corrected chi connectivity index (χ4v) is 458. The van der Waals surface area contributed by atoms with Crippen LogP contribution in [0, 0.1) is 0 Å². The van der Waals surface area contributed by atoms with E-state index in [4.69, 9.17) is 8.85 Å². The van der Waals surface area contributed by atoms with Crippen molar-refractivity contribution in [2.24, 2.45) is 0 Å². The average Bonchev–Trinajstić information content (AvgIpc) is 3.05. The monoisotopic (exact) mass is 856 g/mol. The maximum absolute atomic E-state index is 7.88. The van der Waals surface area contributed by atoms with E-state index in [-0.39, 0.29) is 77.8 Å². The Morgan fingerprint density at radius 3 is 1.27 bits per heavy atom. The Labute approximate surface area is 319 Å². The first kappa shape index (κ1) is 46.7. The molecule has 2 fully saturated rings. The zero-order chi connectivity index (χ0) is 35.7. The van der Waals surface area contributed by atoms with Crippen molar-refractivity contribution in [2.75, 3.05) is 13.2 Å². The summed E-state index contributed by atoms with van der Waals surface area (Å²) in [5.74, 6) is 0. The maximum Gasteiger partial charge on any atom is 0.151 e. The molecule has 0 aliphatic carbocycles. The highest BCUT2D eigenvalue weighted by atomic mass is 30.5. The molecule has 0 aromatic heterocycles. The minimum absolute atomic E-state index is 0.0681. The molecule has 0 amide bonds. The van der Waals surface area contributed by atoms with Crippen LogP contribution >= 0.6 is 0 Å². The summed E-state index contributed by atoms with van der Waals surface area (Å²) in [6.07, 6.45) is 28.7. The summed E-state index contributed by atoms with van der Waals surface area (Å²) in [6.45, 7) is 34.2. The minimum atomic E-state index is -1.61. The molecule has 2 saturated heterocycles. The van der Waals surface area contributed by atoms with E-state index in [1.165, 1.54) is 128 Å². The summed E-state index contributed by atoms with van der Waals surface area (Å²) in [7, 11) is -3.83. The second kappa shape index (κ2) is 24.8. The topological polar surface area (TPSA) is 18.5 Å². The van der Waals surface area contributed by atoms with Crippen molar-refractivity contribution < 1.29 is 8.85 Å². The van der Waals surface area contributed by atoms with E-state index < -0.39 is 14.2 Å². The SMILES string of the molecule is CCCCCCCCCCCCO[Si]1(C)[Si](C)[Si](C)[Si](C)[Si]2[Si](C)[Si]([Si](C)C)[Si](OCCCCCCCCCCCC)([Si](C)C)[Si](C)[Si]21. The Balaban J connectivity index is 2.12. The van der Waals surface area contributed by atoms with Gasteiger partial charge < -0.3 is 8.85 Å². The largest absolute Gasteiger partial charge is 0.428 e. The first-order valence-electron chi connectivity index (χ1n) is 20.6. The lowest BCUT2D eigenvalue weighted by atomic mass is 10.1. The van der Waals surface area contributed by atoms with Gasteiger partial charge in [0.1, 0.15) is 6.87 Å². The van der Waals surface area contributed by atoms with Gasteiger partial charge in [-0.25, -0.2) is 0 Å². The van der Waals surface area contributed by atoms with Gasteiger partial charge in [-0.15, -0.1) is 0 Å². The van der Waals surface area contributed by atoms with Gasteiger partial charge in [-0.05, 0) is 12.8 Å². The summed E-state index contributed by atoms with van der Waals surface area (Å²) in [5, 5.41) is 0. The Bertz CT molecular complexity index is 844. The summed E-state index contributed by atoms with van der Waals surface area (Å²) in [4.78, 5) is 0. The van der Waals surface area contributed by atoms with E-state index in [9.17, 15) is 0 Å². The molecular formula is C34H80O2Si12. The van der Waals surface area contributed by atoms with Crippen molar-refractivity contribution in [3.63, 3.8) is 0 Å². The molecule has 276 valence electrons. The van der Waals surface area contributed by atoms with Crippen LogP contribution in [0.15, 0.2) is 0 Å². The molecule has 48 heavy (non-hydrogen) atoms. The maximum atomic E-state index is 7.88. The van der Waals surface area contributed by atoms with E-state index in [0.717, 1.165) is 13.2 Å². The standard InChI is InChI=1S/C34H80O2Si12/c1-13-15-17-19-21-23-25-27-29-31-33-35-47(12)42(10)39(7)40(8)44-41(9)45(37(3)4)48(38(5)6,43(11)46(44)47)36-34-32-30-28-26-24-22-20-18-16-14-2/h13-34H2,1-12H3. The van der Waals surface area contributed by atoms with Crippen LogP contribution < -0.4 is 0 Å². The summed E-state index contributed by atoms with van der Waals surface area (Å²) < 4.78 is 15.6. The molecule has 2 atom stereocenters. The number of hydrogen-bond donors (Lipinski definition) is 0. The second-order valence-corrected chi connectivity index (χ2v) is 114. The molecule has 2 heterocycles. The highest BCUT2D eigenvalue weighted by Crippen LogP contribution is 2.38. The molecular weight excluding hydrogens is 777 g/mol. The van der Waals surface area contributed by atoms with Crippen LogP contribution in [0.1, 0.15) is 142 Å². The summed E-state index contributed by atoms with van der Waals surface area (Å²) >= 11 is 0. The van der Waals surface area contributed by atoms with Crippen molar-refractivity contribution in [1.82, 2.24) is 0 Å². The Morgan fingerprint density at radius 1 is 0.479 bits per heavy atom. The zero-order valence-electron chi connectivity index (χ0n) is 34.4. The van der Waals surface area contributed by atoms with Crippen molar-refractivity contribution in [3.8, 4) is 0 Å². The molecule has 2 aliphatic heterocycles. The van der Waals surface area contributed by atoms with Gasteiger partial charge in [0.25, 0.3) is 0 Å². The van der Waals surface area contributed by atoms with Gasteiger partial charge in [0, 0.05) is 67.1 Å². The third kappa shape index (κ3) is 12.8. The van der Waals surface area contributed by atoms with Gasteiger partial charge in [0.15, 0.2) is 7.35 Å². The van der Waals surface area contributed by atoms with Gasteiger partial charge in [0.05, 0.1) is 24.0 Å². The molecule has 10 radical (unpaired) electrons. The Hall–Kier alpha value is 2.52. The van der Waals surface area contributed by atoms with Crippen LogP contribution in [0.3, 0.4) is 0 Å². The molecule has 0 spiro atoms. The zero-order valence-corrected chi connectivity index (χ0v) is 46.4. The molecule has 0 N–H and O–H groups in total. The van der Waals surface area contributed by atoms with Gasteiger partial charge in [-0.3, -0.25) is 0 Å². The van der Waals surface area contributed by atoms with Crippen LogP contribution in [0.25, 0.3) is 0 Å². The lowest BCUT2D eigenvalue weighted by Gasteiger charge is -2.64. The smallest absolute Gasteiger partial charge is 0.151 e. The van der Waals surface area contributed by atoms with Crippen molar-refractivity contribution >= 4 is 92.1 Å². The number of fused-ring (bicyclic) bond motifs is 1. The van der Waals surface area contributed by atoms with Crippen molar-refractivity contribution in [2.45, 2.75) is 208 Å². The fourth-order valence-electron chi connectivity index (χ4n) is 8.74. The van der Waals surface area contributed by atoms with Gasteiger partial charge >= 0.3 is 0 Å². The lowest BCUT2D eigenvalue weighted by Crippen LogP contribution is -2.99. The number of unbranched alkanes of at least 4 members (excludes halogenated alkanes) is 18. The van der Waals surface area contributed by atoms with Crippen molar-refractivity contribution in [3.05, 3.63) is 0 Å². The molecule has 2 nitrogen and oxygen atoms in total. The highest BCUT2D eigenvalue weighted by Gasteiger charge is 2.71. The number of rotatable bonds is 26. The van der Waals surface area contributed by atoms with E-state index in [2.05, 4.69) is 79.3 Å². The van der Waals surface area contributed by atoms with Gasteiger partial charge in [-0.2, -0.15) is 0 Å². The number of hydrogen-bond acceptors (Lipinski definition) is 2. The highest BCUT2D eigenvalue weighted by molar-refractivity contribution is 8.25. The molecule has 0 saturated carbocycles. The molecule has 0 aromatic rings. The summed E-state index contributed by atoms with van der Waals surface area (Å²) in [6, 6.07) is 0. The fraction of sp³-hybridized carbons (Fsp3) is 1.00. The predicted octanol–water partition coefficient (Wildman–Crippen LogP) is 10.0. The normalized spacial score (nSPS) is 24.9. The van der Waals surface area contributed by atoms with Crippen molar-refractivity contribution in [1.29, 1.82) is 0 Å². The average molecular weight is 858 g/mol. The van der Waals surface area contributed by atoms with E-state index in [0.29, 0.717) is 0 Å². The molecule has 0 aromatic carbocycles. The van der Waals surface area contributed by atoms with Gasteiger partial charge in [-0.1, -0.05) is 195 Å². The quantitative estimate of drug-likeness (QED) is 0.0638.